The second kappa shape index (κ2) is 7.65. The van der Waals surface area contributed by atoms with Crippen LogP contribution in [0, 0.1) is 5.92 Å². The Morgan fingerprint density at radius 1 is 1.32 bits per heavy atom. The lowest BCUT2D eigenvalue weighted by molar-refractivity contribution is -0.135. The van der Waals surface area contributed by atoms with Crippen molar-refractivity contribution >= 4 is 23.4 Å². The lowest BCUT2D eigenvalue weighted by Gasteiger charge is -2.31. The number of likely N-dealkylation sites (tertiary alicyclic amines) is 1. The Morgan fingerprint density at radius 3 is 2.80 bits per heavy atom. The first-order valence-electron chi connectivity index (χ1n) is 8.18. The van der Waals surface area contributed by atoms with E-state index in [2.05, 4.69) is 10.1 Å². The fraction of sp³-hybridized carbons (Fsp3) is 0.412. The summed E-state index contributed by atoms with van der Waals surface area (Å²) in [6.07, 6.45) is 2.15. The van der Waals surface area contributed by atoms with Crippen molar-refractivity contribution in [2.24, 2.45) is 11.7 Å². The number of halogens is 1. The predicted molar refractivity (Wildman–Crippen MR) is 91.6 cm³/mol. The normalized spacial score (nSPS) is 17.5. The largest absolute Gasteiger partial charge is 0.369 e. The summed E-state index contributed by atoms with van der Waals surface area (Å²) < 4.78 is 5.21. The van der Waals surface area contributed by atoms with Gasteiger partial charge in [-0.2, -0.15) is 4.98 Å². The Morgan fingerprint density at radius 2 is 2.08 bits per heavy atom. The summed E-state index contributed by atoms with van der Waals surface area (Å²) in [5.41, 5.74) is 6.14. The Bertz CT molecular complexity index is 760. The summed E-state index contributed by atoms with van der Waals surface area (Å²) in [4.78, 5) is 29.6. The van der Waals surface area contributed by atoms with Gasteiger partial charge < -0.3 is 15.2 Å². The highest BCUT2D eigenvalue weighted by atomic mass is 35.5. The third-order valence-electron chi connectivity index (χ3n) is 4.30. The van der Waals surface area contributed by atoms with Gasteiger partial charge in [-0.15, -0.1) is 0 Å². The van der Waals surface area contributed by atoms with Gasteiger partial charge in [-0.25, -0.2) is 0 Å². The second-order valence-corrected chi connectivity index (χ2v) is 6.54. The fourth-order valence-corrected chi connectivity index (χ4v) is 3.01. The van der Waals surface area contributed by atoms with E-state index in [1.807, 2.05) is 0 Å². The molecule has 2 heterocycles. The minimum Gasteiger partial charge on any atom is -0.369 e. The van der Waals surface area contributed by atoms with Crippen LogP contribution in [-0.4, -0.2) is 39.9 Å². The minimum absolute atomic E-state index is 0.0304. The molecule has 0 bridgehead atoms. The van der Waals surface area contributed by atoms with Crippen LogP contribution in [0.15, 0.2) is 28.8 Å². The van der Waals surface area contributed by atoms with E-state index >= 15 is 0 Å². The number of benzene rings is 1. The molecular formula is C17H19ClN4O3. The van der Waals surface area contributed by atoms with Crippen molar-refractivity contribution in [2.45, 2.75) is 25.7 Å². The monoisotopic (exact) mass is 362 g/mol. The zero-order valence-corrected chi connectivity index (χ0v) is 14.4. The maximum Gasteiger partial charge on any atom is 0.227 e. The first-order chi connectivity index (χ1) is 12.0. The van der Waals surface area contributed by atoms with Crippen LogP contribution in [0.4, 0.5) is 0 Å². The molecule has 25 heavy (non-hydrogen) atoms. The topological polar surface area (TPSA) is 102 Å². The van der Waals surface area contributed by atoms with Gasteiger partial charge in [-0.1, -0.05) is 16.8 Å². The molecule has 2 N–H and O–H groups in total. The summed E-state index contributed by atoms with van der Waals surface area (Å²) in [6.45, 7) is 1.05. The second-order valence-electron chi connectivity index (χ2n) is 6.10. The van der Waals surface area contributed by atoms with Gasteiger partial charge >= 0.3 is 0 Å². The molecule has 1 aliphatic heterocycles. The highest BCUT2D eigenvalue weighted by Crippen LogP contribution is 2.20. The SMILES string of the molecule is NC(=O)C1CCCN(C(=O)CCc2nc(-c3ccc(Cl)cc3)no2)C1. The molecule has 0 saturated carbocycles. The van der Waals surface area contributed by atoms with E-state index in [4.69, 9.17) is 21.9 Å². The predicted octanol–water partition coefficient (Wildman–Crippen LogP) is 2.05. The average Bonchev–Trinajstić information content (AvgIpc) is 3.09. The molecule has 1 unspecified atom stereocenters. The van der Waals surface area contributed by atoms with Crippen LogP contribution < -0.4 is 5.73 Å². The van der Waals surface area contributed by atoms with Crippen molar-refractivity contribution < 1.29 is 14.1 Å². The van der Waals surface area contributed by atoms with Crippen molar-refractivity contribution in [2.75, 3.05) is 13.1 Å². The summed E-state index contributed by atoms with van der Waals surface area (Å²) >= 11 is 5.86. The molecule has 1 aliphatic rings. The zero-order chi connectivity index (χ0) is 17.8. The van der Waals surface area contributed by atoms with Gasteiger partial charge in [-0.3, -0.25) is 9.59 Å². The van der Waals surface area contributed by atoms with E-state index in [1.165, 1.54) is 0 Å². The number of nitrogens with zero attached hydrogens (tertiary/aromatic N) is 3. The molecular weight excluding hydrogens is 344 g/mol. The van der Waals surface area contributed by atoms with Gasteiger partial charge in [0.15, 0.2) is 0 Å². The van der Waals surface area contributed by atoms with Crippen LogP contribution >= 0.6 is 11.6 Å². The highest BCUT2D eigenvalue weighted by Gasteiger charge is 2.27. The van der Waals surface area contributed by atoms with Crippen molar-refractivity contribution in [1.82, 2.24) is 15.0 Å². The van der Waals surface area contributed by atoms with Crippen LogP contribution in [0.3, 0.4) is 0 Å². The quantitative estimate of drug-likeness (QED) is 0.876. The number of rotatable bonds is 5. The maximum absolute atomic E-state index is 12.3. The van der Waals surface area contributed by atoms with E-state index in [0.717, 1.165) is 18.4 Å². The molecule has 1 saturated heterocycles. The molecule has 0 aliphatic carbocycles. The summed E-state index contributed by atoms with van der Waals surface area (Å²) in [7, 11) is 0. The Balaban J connectivity index is 1.56. The van der Waals surface area contributed by atoms with Crippen molar-refractivity contribution in [3.63, 3.8) is 0 Å². The van der Waals surface area contributed by atoms with E-state index in [9.17, 15) is 9.59 Å². The number of hydrogen-bond donors (Lipinski definition) is 1. The van der Waals surface area contributed by atoms with Crippen LogP contribution in [-0.2, 0) is 16.0 Å². The van der Waals surface area contributed by atoms with Crippen LogP contribution in [0.5, 0.6) is 0 Å². The smallest absolute Gasteiger partial charge is 0.227 e. The third-order valence-corrected chi connectivity index (χ3v) is 4.55. The van der Waals surface area contributed by atoms with E-state index in [-0.39, 0.29) is 24.2 Å². The maximum atomic E-state index is 12.3. The summed E-state index contributed by atoms with van der Waals surface area (Å²) in [5, 5.41) is 4.56. The number of piperidine rings is 1. The lowest BCUT2D eigenvalue weighted by Crippen LogP contribution is -2.44. The molecule has 3 rings (SSSR count). The van der Waals surface area contributed by atoms with Gasteiger partial charge in [0.2, 0.25) is 23.5 Å². The van der Waals surface area contributed by atoms with Gasteiger partial charge in [-0.05, 0) is 37.1 Å². The molecule has 0 radical (unpaired) electrons. The van der Waals surface area contributed by atoms with Crippen LogP contribution in [0.25, 0.3) is 11.4 Å². The zero-order valence-electron chi connectivity index (χ0n) is 13.7. The van der Waals surface area contributed by atoms with Gasteiger partial charge in [0.1, 0.15) is 0 Å². The van der Waals surface area contributed by atoms with Crippen LogP contribution in [0.2, 0.25) is 5.02 Å². The third kappa shape index (κ3) is 4.36. The molecule has 1 aromatic carbocycles. The molecule has 0 spiro atoms. The molecule has 7 nitrogen and oxygen atoms in total. The molecule has 1 fully saturated rings. The first-order valence-corrected chi connectivity index (χ1v) is 8.56. The molecule has 1 atom stereocenters. The van der Waals surface area contributed by atoms with Gasteiger partial charge in [0.05, 0.1) is 5.92 Å². The standard InChI is InChI=1S/C17H19ClN4O3/c18-13-5-3-11(4-6-13)17-20-14(25-21-17)7-8-15(23)22-9-1-2-12(10-22)16(19)24/h3-6,12H,1-2,7-10H2,(H2,19,24). The van der Waals surface area contributed by atoms with E-state index in [0.29, 0.717) is 36.2 Å². The lowest BCUT2D eigenvalue weighted by atomic mass is 9.97. The summed E-state index contributed by atoms with van der Waals surface area (Å²) in [6, 6.07) is 7.11. The first kappa shape index (κ1) is 17.4. The van der Waals surface area contributed by atoms with Gasteiger partial charge in [0.25, 0.3) is 0 Å². The molecule has 2 aromatic rings. The van der Waals surface area contributed by atoms with Crippen molar-refractivity contribution in [3.05, 3.63) is 35.2 Å². The fourth-order valence-electron chi connectivity index (χ4n) is 2.88. The number of carbonyl (C=O) groups is 2. The van der Waals surface area contributed by atoms with E-state index < -0.39 is 0 Å². The highest BCUT2D eigenvalue weighted by molar-refractivity contribution is 6.30. The number of hydrogen-bond acceptors (Lipinski definition) is 5. The summed E-state index contributed by atoms with van der Waals surface area (Å²) in [5.74, 6) is 0.240. The molecule has 2 amide bonds. The van der Waals surface area contributed by atoms with E-state index in [1.54, 1.807) is 29.2 Å². The number of aryl methyl sites for hydroxylation is 1. The number of aromatic nitrogens is 2. The van der Waals surface area contributed by atoms with Crippen LogP contribution in [0.1, 0.15) is 25.2 Å². The molecule has 1 aromatic heterocycles. The number of amides is 2. The number of nitrogens with two attached hydrogens (primary N) is 1. The Labute approximate surface area is 150 Å². The molecule has 8 heteroatoms. The van der Waals surface area contributed by atoms with Crippen molar-refractivity contribution in [1.29, 1.82) is 0 Å². The minimum atomic E-state index is -0.345. The Hall–Kier alpha value is -2.41. The van der Waals surface area contributed by atoms with Gasteiger partial charge in [0, 0.05) is 36.5 Å². The Kier molecular flexibility index (Phi) is 5.33. The average molecular weight is 363 g/mol. The molecule has 132 valence electrons. The van der Waals surface area contributed by atoms with Crippen molar-refractivity contribution in [3.8, 4) is 11.4 Å². The number of carbonyl (C=O) groups excluding carboxylic acids is 2. The number of primary amides is 1.